The number of carbonyl (C=O) groups is 2. The Kier molecular flexibility index (Phi) is 4.80. The van der Waals surface area contributed by atoms with Gasteiger partial charge in [0.1, 0.15) is 11.3 Å². The summed E-state index contributed by atoms with van der Waals surface area (Å²) in [6, 6.07) is 13.5. The summed E-state index contributed by atoms with van der Waals surface area (Å²) in [5.41, 5.74) is 2.66. The third kappa shape index (κ3) is 3.31. The highest BCUT2D eigenvalue weighted by Crippen LogP contribution is 2.37. The zero-order valence-corrected chi connectivity index (χ0v) is 16.4. The van der Waals surface area contributed by atoms with Gasteiger partial charge in [-0.05, 0) is 43.2 Å². The summed E-state index contributed by atoms with van der Waals surface area (Å²) in [5, 5.41) is 12.0. The number of ketones is 1. The van der Waals surface area contributed by atoms with Gasteiger partial charge in [-0.3, -0.25) is 9.59 Å². The van der Waals surface area contributed by atoms with Crippen molar-refractivity contribution in [1.29, 1.82) is 0 Å². The number of aldehydes is 1. The second-order valence-corrected chi connectivity index (χ2v) is 7.20. The summed E-state index contributed by atoms with van der Waals surface area (Å²) in [6.45, 7) is 3.73. The Morgan fingerprint density at radius 3 is 2.37 bits per heavy atom. The van der Waals surface area contributed by atoms with Gasteiger partial charge in [-0.25, -0.2) is 4.79 Å². The van der Waals surface area contributed by atoms with Gasteiger partial charge in [0, 0.05) is 27.8 Å². The van der Waals surface area contributed by atoms with Gasteiger partial charge in [-0.1, -0.05) is 42.0 Å². The first-order valence-corrected chi connectivity index (χ1v) is 9.36. The molecule has 1 heterocycles. The van der Waals surface area contributed by atoms with Crippen LogP contribution in [-0.2, 0) is 0 Å². The number of hydrogen-bond donors (Lipinski definition) is 1. The van der Waals surface area contributed by atoms with E-state index < -0.39 is 5.63 Å². The van der Waals surface area contributed by atoms with Crippen molar-refractivity contribution in [3.05, 3.63) is 92.8 Å². The molecular weight excluding hydrogens is 380 g/mol. The number of carbonyl (C=O) groups excluding carboxylic acids is 2. The van der Waals surface area contributed by atoms with E-state index in [-0.39, 0.29) is 17.1 Å². The lowest BCUT2D eigenvalue weighted by molar-refractivity contribution is 0.104. The van der Waals surface area contributed by atoms with E-state index in [0.29, 0.717) is 39.2 Å². The summed E-state index contributed by atoms with van der Waals surface area (Å²) in [5.74, 6) is -0.408. The fourth-order valence-corrected chi connectivity index (χ4v) is 3.53. The van der Waals surface area contributed by atoms with E-state index in [1.807, 2.05) is 19.1 Å². The molecule has 0 radical (unpaired) electrons. The van der Waals surface area contributed by atoms with Crippen molar-refractivity contribution < 1.29 is 19.1 Å². The maximum atomic E-state index is 12.6. The molecule has 0 fully saturated rings. The molecule has 1 N–H and O–H groups in total. The maximum absolute atomic E-state index is 12.6. The van der Waals surface area contributed by atoms with E-state index in [1.165, 1.54) is 18.2 Å². The topological polar surface area (TPSA) is 84.6 Å². The Labute approximate surface area is 171 Å². The van der Waals surface area contributed by atoms with Crippen LogP contribution in [0.25, 0.3) is 27.8 Å². The van der Waals surface area contributed by atoms with Crippen LogP contribution in [0.3, 0.4) is 0 Å². The van der Waals surface area contributed by atoms with Crippen molar-refractivity contribution in [1.82, 2.24) is 0 Å². The molecule has 0 saturated carbocycles. The zero-order chi connectivity index (χ0) is 21.4. The zero-order valence-electron chi connectivity index (χ0n) is 16.4. The summed E-state index contributed by atoms with van der Waals surface area (Å²) in [6.07, 6.45) is 3.51. The first-order chi connectivity index (χ1) is 14.4. The lowest BCUT2D eigenvalue weighted by atomic mass is 9.96. The van der Waals surface area contributed by atoms with E-state index in [1.54, 1.807) is 37.3 Å². The van der Waals surface area contributed by atoms with Gasteiger partial charge >= 0.3 is 5.63 Å². The molecule has 0 aliphatic rings. The number of aromatic hydroxyl groups is 1. The van der Waals surface area contributed by atoms with Crippen molar-refractivity contribution >= 4 is 39.9 Å². The predicted octanol–water partition coefficient (Wildman–Crippen LogP) is 4.98. The summed E-state index contributed by atoms with van der Waals surface area (Å²) < 4.78 is 5.46. The molecule has 1 aromatic heterocycles. The second kappa shape index (κ2) is 7.44. The molecule has 148 valence electrons. The Balaban J connectivity index is 1.97. The number of rotatable bonds is 4. The van der Waals surface area contributed by atoms with Gasteiger partial charge in [0.05, 0.1) is 5.56 Å². The van der Waals surface area contributed by atoms with Gasteiger partial charge in [-0.15, -0.1) is 0 Å². The fourth-order valence-electron chi connectivity index (χ4n) is 3.53. The molecule has 0 unspecified atom stereocenters. The van der Waals surface area contributed by atoms with Crippen LogP contribution in [0.2, 0.25) is 0 Å². The molecule has 30 heavy (non-hydrogen) atoms. The Bertz CT molecular complexity index is 1410. The molecule has 5 nitrogen and oxygen atoms in total. The van der Waals surface area contributed by atoms with Gasteiger partial charge in [0.25, 0.3) is 0 Å². The molecule has 0 aliphatic heterocycles. The number of aryl methyl sites for hydroxylation is 2. The van der Waals surface area contributed by atoms with Gasteiger partial charge in [0.2, 0.25) is 0 Å². The molecule has 0 atom stereocenters. The minimum Gasteiger partial charge on any atom is -0.507 e. The normalized spacial score (nSPS) is 11.4. The van der Waals surface area contributed by atoms with Crippen LogP contribution >= 0.6 is 0 Å². The van der Waals surface area contributed by atoms with Crippen LogP contribution < -0.4 is 5.63 Å². The largest absolute Gasteiger partial charge is 0.507 e. The molecule has 0 bridgehead atoms. The van der Waals surface area contributed by atoms with Crippen LogP contribution in [0.15, 0.2) is 63.8 Å². The molecule has 4 aromatic rings. The number of benzene rings is 3. The van der Waals surface area contributed by atoms with E-state index in [2.05, 4.69) is 0 Å². The number of hydrogen-bond acceptors (Lipinski definition) is 5. The van der Waals surface area contributed by atoms with Crippen LogP contribution in [0.1, 0.15) is 37.4 Å². The van der Waals surface area contributed by atoms with Gasteiger partial charge < -0.3 is 9.52 Å². The second-order valence-electron chi connectivity index (χ2n) is 7.20. The SMILES string of the molecule is Cc1ccc(C(=O)/C=C/c2cc(C=O)c(O)c3ccc4c(C)cc(=O)oc4c23)cc1. The molecule has 3 aromatic carbocycles. The quantitative estimate of drug-likeness (QED) is 0.172. The van der Waals surface area contributed by atoms with E-state index in [4.69, 9.17) is 4.42 Å². The van der Waals surface area contributed by atoms with Crippen LogP contribution in [-0.4, -0.2) is 17.2 Å². The lowest BCUT2D eigenvalue weighted by Gasteiger charge is -2.11. The monoisotopic (exact) mass is 398 g/mol. The minimum atomic E-state index is -0.517. The third-order valence-electron chi connectivity index (χ3n) is 5.13. The van der Waals surface area contributed by atoms with E-state index >= 15 is 0 Å². The van der Waals surface area contributed by atoms with Crippen molar-refractivity contribution in [2.24, 2.45) is 0 Å². The molecule has 5 heteroatoms. The lowest BCUT2D eigenvalue weighted by Crippen LogP contribution is -1.99. The molecule has 0 saturated heterocycles. The molecule has 0 spiro atoms. The fraction of sp³-hybridized carbons (Fsp3) is 0.0800. The number of allylic oxidation sites excluding steroid dienone is 1. The summed E-state index contributed by atoms with van der Waals surface area (Å²) in [4.78, 5) is 36.0. The highest BCUT2D eigenvalue weighted by molar-refractivity contribution is 6.14. The van der Waals surface area contributed by atoms with E-state index in [9.17, 15) is 19.5 Å². The highest BCUT2D eigenvalue weighted by atomic mass is 16.4. The highest BCUT2D eigenvalue weighted by Gasteiger charge is 2.16. The van der Waals surface area contributed by atoms with Crippen LogP contribution in [0.5, 0.6) is 5.75 Å². The van der Waals surface area contributed by atoms with Crippen LogP contribution in [0.4, 0.5) is 0 Å². The van der Waals surface area contributed by atoms with Crippen molar-refractivity contribution in [2.75, 3.05) is 0 Å². The first-order valence-electron chi connectivity index (χ1n) is 9.36. The Hall–Kier alpha value is -3.99. The number of fused-ring (bicyclic) bond motifs is 3. The smallest absolute Gasteiger partial charge is 0.336 e. The third-order valence-corrected chi connectivity index (χ3v) is 5.13. The first kappa shape index (κ1) is 19.3. The van der Waals surface area contributed by atoms with Crippen LogP contribution in [0, 0.1) is 13.8 Å². The van der Waals surface area contributed by atoms with E-state index in [0.717, 1.165) is 11.1 Å². The van der Waals surface area contributed by atoms with Crippen molar-refractivity contribution in [3.8, 4) is 5.75 Å². The molecular formula is C25H18O5. The van der Waals surface area contributed by atoms with Crippen molar-refractivity contribution in [2.45, 2.75) is 13.8 Å². The molecule has 0 aliphatic carbocycles. The number of phenols is 1. The maximum Gasteiger partial charge on any atom is 0.336 e. The predicted molar refractivity (Wildman–Crippen MR) is 116 cm³/mol. The van der Waals surface area contributed by atoms with Gasteiger partial charge in [0.15, 0.2) is 12.1 Å². The summed E-state index contributed by atoms with van der Waals surface area (Å²) >= 11 is 0. The summed E-state index contributed by atoms with van der Waals surface area (Å²) in [7, 11) is 0. The number of phenolic OH excluding ortho intramolecular Hbond substituents is 1. The van der Waals surface area contributed by atoms with Crippen molar-refractivity contribution in [3.63, 3.8) is 0 Å². The Morgan fingerprint density at radius 1 is 0.967 bits per heavy atom. The molecule has 0 amide bonds. The minimum absolute atomic E-state index is 0.0827. The Morgan fingerprint density at radius 2 is 1.67 bits per heavy atom. The standard InChI is InChI=1S/C25H18O5/c1-14-3-5-16(6-4-14)21(27)10-7-17-12-18(13-26)24(29)20-9-8-19-15(2)11-22(28)30-25(19)23(17)20/h3-13,29H,1-2H3/b10-7+. The van der Waals surface area contributed by atoms with Gasteiger partial charge in [-0.2, -0.15) is 0 Å². The molecule has 4 rings (SSSR count). The average Bonchev–Trinajstić information content (AvgIpc) is 2.73. The average molecular weight is 398 g/mol.